The Kier molecular flexibility index (Phi) is 5.69. The molecule has 6 nitrogen and oxygen atoms in total. The second-order valence-corrected chi connectivity index (χ2v) is 6.54. The lowest BCUT2D eigenvalue weighted by atomic mass is 10.1. The van der Waals surface area contributed by atoms with Gasteiger partial charge in [0, 0.05) is 14.1 Å². The second-order valence-electron chi connectivity index (χ2n) is 5.77. The predicted octanol–water partition coefficient (Wildman–Crippen LogP) is 2.73. The van der Waals surface area contributed by atoms with Gasteiger partial charge in [-0.25, -0.2) is 0 Å². The molecule has 0 aliphatic carbocycles. The number of ether oxygens (including phenoxy) is 2. The highest BCUT2D eigenvalue weighted by Crippen LogP contribution is 2.37. The molecule has 1 saturated heterocycles. The zero-order chi connectivity index (χ0) is 18.9. The van der Waals surface area contributed by atoms with Crippen LogP contribution in [0.5, 0.6) is 11.5 Å². The molecule has 1 aliphatic heterocycles. The summed E-state index contributed by atoms with van der Waals surface area (Å²) in [6, 6.07) is 3.27. The Morgan fingerprint density at radius 1 is 1.16 bits per heavy atom. The second kappa shape index (κ2) is 7.41. The average Bonchev–Trinajstić information content (AvgIpc) is 2.56. The zero-order valence-corrected chi connectivity index (χ0v) is 16.2. The number of thiocarbonyl (C=S) groups is 1. The number of benzene rings is 1. The molecule has 0 aromatic heterocycles. The van der Waals surface area contributed by atoms with Gasteiger partial charge in [-0.1, -0.05) is 11.6 Å². The van der Waals surface area contributed by atoms with Crippen LogP contribution in [0.4, 0.5) is 0 Å². The van der Waals surface area contributed by atoms with Crippen molar-refractivity contribution in [2.45, 2.75) is 20.0 Å². The third-order valence-electron chi connectivity index (χ3n) is 3.56. The highest BCUT2D eigenvalue weighted by molar-refractivity contribution is 7.80. The predicted molar refractivity (Wildman–Crippen MR) is 99.9 cm³/mol. The molecule has 0 bridgehead atoms. The van der Waals surface area contributed by atoms with E-state index in [1.165, 1.54) is 37.1 Å². The topological polar surface area (TPSA) is 59.1 Å². The van der Waals surface area contributed by atoms with Crippen molar-refractivity contribution in [1.82, 2.24) is 9.80 Å². The molecule has 0 N–H and O–H groups in total. The minimum atomic E-state index is -0.467. The summed E-state index contributed by atoms with van der Waals surface area (Å²) in [6.07, 6.45) is 1.38. The lowest BCUT2D eigenvalue weighted by Crippen LogP contribution is -2.52. The number of hydrogen-bond donors (Lipinski definition) is 0. The van der Waals surface area contributed by atoms with Crippen LogP contribution in [0.25, 0.3) is 6.08 Å². The molecule has 1 aromatic rings. The summed E-state index contributed by atoms with van der Waals surface area (Å²) >= 11 is 11.3. The van der Waals surface area contributed by atoms with E-state index in [-0.39, 0.29) is 16.8 Å². The van der Waals surface area contributed by atoms with Gasteiger partial charge in [0.05, 0.1) is 18.2 Å². The van der Waals surface area contributed by atoms with Gasteiger partial charge in [-0.2, -0.15) is 0 Å². The van der Waals surface area contributed by atoms with E-state index in [0.717, 1.165) is 0 Å². The molecular formula is C17H19ClN2O4S. The smallest absolute Gasteiger partial charge is 0.265 e. The molecular weight excluding hydrogens is 364 g/mol. The SMILES string of the molecule is COc1cc(C=C2C(=O)N(C)C(=S)N(C)C2=O)cc(Cl)c1OC(C)C. The molecule has 8 heteroatoms. The molecule has 1 aromatic carbocycles. The molecule has 25 heavy (non-hydrogen) atoms. The maximum Gasteiger partial charge on any atom is 0.265 e. The van der Waals surface area contributed by atoms with Crippen LogP contribution in [0.15, 0.2) is 17.7 Å². The number of methoxy groups -OCH3 is 1. The van der Waals surface area contributed by atoms with Gasteiger partial charge in [0.2, 0.25) is 0 Å². The average molecular weight is 383 g/mol. The molecule has 2 rings (SSSR count). The fourth-order valence-electron chi connectivity index (χ4n) is 2.31. The third kappa shape index (κ3) is 3.77. The van der Waals surface area contributed by atoms with Gasteiger partial charge in [0.25, 0.3) is 11.8 Å². The summed E-state index contributed by atoms with van der Waals surface area (Å²) in [5.74, 6) is -0.101. The molecule has 0 saturated carbocycles. The number of amides is 2. The van der Waals surface area contributed by atoms with Crippen molar-refractivity contribution < 1.29 is 19.1 Å². The Hall–Kier alpha value is -2.12. The molecule has 1 fully saturated rings. The van der Waals surface area contributed by atoms with Crippen molar-refractivity contribution in [2.24, 2.45) is 0 Å². The Labute approximate surface area is 156 Å². The molecule has 1 aliphatic rings. The first-order valence-electron chi connectivity index (χ1n) is 7.53. The number of hydrogen-bond acceptors (Lipinski definition) is 5. The van der Waals surface area contributed by atoms with Crippen LogP contribution in [0, 0.1) is 0 Å². The van der Waals surface area contributed by atoms with Gasteiger partial charge in [-0.05, 0) is 49.8 Å². The molecule has 1 heterocycles. The van der Waals surface area contributed by atoms with Crippen molar-refractivity contribution in [2.75, 3.05) is 21.2 Å². The van der Waals surface area contributed by atoms with E-state index in [9.17, 15) is 9.59 Å². The zero-order valence-electron chi connectivity index (χ0n) is 14.6. The van der Waals surface area contributed by atoms with Gasteiger partial charge in [0.1, 0.15) is 5.57 Å². The van der Waals surface area contributed by atoms with Crippen molar-refractivity contribution in [1.29, 1.82) is 0 Å². The quantitative estimate of drug-likeness (QED) is 0.455. The maximum absolute atomic E-state index is 12.4. The number of rotatable bonds is 4. The number of carbonyl (C=O) groups is 2. The Balaban J connectivity index is 2.50. The Morgan fingerprint density at radius 2 is 1.72 bits per heavy atom. The van der Waals surface area contributed by atoms with Crippen molar-refractivity contribution >= 4 is 46.8 Å². The maximum atomic E-state index is 12.4. The van der Waals surface area contributed by atoms with Crippen LogP contribution in [0.3, 0.4) is 0 Å². The lowest BCUT2D eigenvalue weighted by molar-refractivity contribution is -0.132. The van der Waals surface area contributed by atoms with E-state index < -0.39 is 11.8 Å². The standard InChI is InChI=1S/C17H19ClN2O4S/c1-9(2)24-14-12(18)7-10(8-13(14)23-5)6-11-15(21)19(3)17(25)20(4)16(11)22/h6-9H,1-5H3. The molecule has 0 unspecified atom stereocenters. The summed E-state index contributed by atoms with van der Waals surface area (Å²) in [6.45, 7) is 3.75. The molecule has 0 radical (unpaired) electrons. The number of likely N-dealkylation sites (N-methyl/N-ethyl adjacent to an activating group) is 2. The van der Waals surface area contributed by atoms with E-state index >= 15 is 0 Å². The van der Waals surface area contributed by atoms with Gasteiger partial charge in [-0.15, -0.1) is 0 Å². The number of carbonyl (C=O) groups excluding carboxylic acids is 2. The first kappa shape index (κ1) is 19.2. The van der Waals surface area contributed by atoms with E-state index in [1.54, 1.807) is 12.1 Å². The van der Waals surface area contributed by atoms with Crippen LogP contribution < -0.4 is 9.47 Å². The molecule has 0 atom stereocenters. The van der Waals surface area contributed by atoms with Crippen LogP contribution in [0.1, 0.15) is 19.4 Å². The highest BCUT2D eigenvalue weighted by Gasteiger charge is 2.35. The Bertz CT molecular complexity index is 750. The van der Waals surface area contributed by atoms with Gasteiger partial charge in [0.15, 0.2) is 16.6 Å². The fraction of sp³-hybridized carbons (Fsp3) is 0.353. The summed E-state index contributed by atoms with van der Waals surface area (Å²) in [5, 5.41) is 0.483. The summed E-state index contributed by atoms with van der Waals surface area (Å²) in [5.41, 5.74) is 0.540. The number of halogens is 1. The molecule has 0 spiro atoms. The first-order chi connectivity index (χ1) is 11.7. The van der Waals surface area contributed by atoms with Gasteiger partial charge in [-0.3, -0.25) is 19.4 Å². The fourth-order valence-corrected chi connectivity index (χ4v) is 2.74. The number of nitrogens with zero attached hydrogens (tertiary/aromatic N) is 2. The Morgan fingerprint density at radius 3 is 2.20 bits per heavy atom. The normalized spacial score (nSPS) is 15.2. The summed E-state index contributed by atoms with van der Waals surface area (Å²) in [7, 11) is 4.54. The van der Waals surface area contributed by atoms with Crippen molar-refractivity contribution in [3.8, 4) is 11.5 Å². The van der Waals surface area contributed by atoms with E-state index in [0.29, 0.717) is 22.1 Å². The van der Waals surface area contributed by atoms with Crippen LogP contribution in [-0.2, 0) is 9.59 Å². The third-order valence-corrected chi connectivity index (χ3v) is 4.39. The van der Waals surface area contributed by atoms with E-state index in [1.807, 2.05) is 13.8 Å². The van der Waals surface area contributed by atoms with Crippen molar-refractivity contribution in [3.05, 3.63) is 28.3 Å². The minimum Gasteiger partial charge on any atom is -0.493 e. The lowest BCUT2D eigenvalue weighted by Gasteiger charge is -2.31. The van der Waals surface area contributed by atoms with E-state index in [4.69, 9.17) is 33.3 Å². The van der Waals surface area contributed by atoms with Gasteiger partial charge >= 0.3 is 0 Å². The first-order valence-corrected chi connectivity index (χ1v) is 8.32. The summed E-state index contributed by atoms with van der Waals surface area (Å²) < 4.78 is 11.0. The monoisotopic (exact) mass is 382 g/mol. The highest BCUT2D eigenvalue weighted by atomic mass is 35.5. The van der Waals surface area contributed by atoms with Crippen molar-refractivity contribution in [3.63, 3.8) is 0 Å². The van der Waals surface area contributed by atoms with Crippen LogP contribution >= 0.6 is 23.8 Å². The minimum absolute atomic E-state index is 0.00533. The van der Waals surface area contributed by atoms with Gasteiger partial charge < -0.3 is 9.47 Å². The summed E-state index contributed by atoms with van der Waals surface area (Å²) in [4.78, 5) is 27.3. The van der Waals surface area contributed by atoms with Crippen LogP contribution in [0.2, 0.25) is 5.02 Å². The molecule has 134 valence electrons. The van der Waals surface area contributed by atoms with E-state index in [2.05, 4.69) is 0 Å². The molecule has 2 amide bonds. The van der Waals surface area contributed by atoms with Crippen LogP contribution in [-0.4, -0.2) is 54.0 Å². The largest absolute Gasteiger partial charge is 0.493 e.